The molecule has 0 spiro atoms. The number of carbonyl (C=O) groups is 3. The highest BCUT2D eigenvalue weighted by atomic mass is 16.5. The lowest BCUT2D eigenvalue weighted by Gasteiger charge is -2.31. The van der Waals surface area contributed by atoms with Gasteiger partial charge in [-0.15, -0.1) is 0 Å². The van der Waals surface area contributed by atoms with Crippen molar-refractivity contribution >= 4 is 17.7 Å². The highest BCUT2D eigenvalue weighted by molar-refractivity contribution is 5.98. The van der Waals surface area contributed by atoms with Gasteiger partial charge in [0.2, 0.25) is 5.91 Å². The minimum absolute atomic E-state index is 0.0436. The molecule has 146 valence electrons. The summed E-state index contributed by atoms with van der Waals surface area (Å²) in [6.45, 7) is 1.06. The van der Waals surface area contributed by atoms with Crippen molar-refractivity contribution in [1.29, 1.82) is 0 Å². The molecular formula is C22H23NO5. The van der Waals surface area contributed by atoms with Gasteiger partial charge in [0.05, 0.1) is 19.1 Å². The van der Waals surface area contributed by atoms with E-state index in [0.717, 1.165) is 0 Å². The van der Waals surface area contributed by atoms with E-state index in [1.165, 1.54) is 12.1 Å². The van der Waals surface area contributed by atoms with Crippen LogP contribution in [0, 0.1) is 5.92 Å². The fourth-order valence-electron chi connectivity index (χ4n) is 3.48. The van der Waals surface area contributed by atoms with E-state index in [1.807, 2.05) is 0 Å². The molecule has 2 aromatic carbocycles. The van der Waals surface area contributed by atoms with Gasteiger partial charge in [0.15, 0.2) is 5.78 Å². The molecule has 28 heavy (non-hydrogen) atoms. The zero-order chi connectivity index (χ0) is 20.1. The van der Waals surface area contributed by atoms with Gasteiger partial charge in [-0.05, 0) is 54.8 Å². The van der Waals surface area contributed by atoms with E-state index in [4.69, 9.17) is 9.84 Å². The molecule has 0 radical (unpaired) electrons. The number of methoxy groups -OCH3 is 1. The largest absolute Gasteiger partial charge is 0.497 e. The number of carboxylic acids is 1. The quantitative estimate of drug-likeness (QED) is 0.778. The van der Waals surface area contributed by atoms with Crippen LogP contribution in [0.2, 0.25) is 0 Å². The summed E-state index contributed by atoms with van der Waals surface area (Å²) in [6.07, 6.45) is 1.43. The zero-order valence-electron chi connectivity index (χ0n) is 15.8. The van der Waals surface area contributed by atoms with Crippen molar-refractivity contribution in [2.24, 2.45) is 5.92 Å². The number of ketones is 1. The van der Waals surface area contributed by atoms with Gasteiger partial charge in [-0.25, -0.2) is 4.79 Å². The summed E-state index contributed by atoms with van der Waals surface area (Å²) in [5.41, 5.74) is 1.52. The standard InChI is InChI=1S/C22H23NO5/c1-28-19-7-5-16(6-8-19)21(25)17-9-11-23(12-10-17)20(24)14-15-3-2-4-18(13-15)22(26)27/h2-8,13,17H,9-12,14H2,1H3,(H,26,27). The molecule has 1 fully saturated rings. The molecule has 2 aromatic rings. The van der Waals surface area contributed by atoms with Crippen LogP contribution in [0.5, 0.6) is 5.75 Å². The number of amides is 1. The molecule has 0 bridgehead atoms. The summed E-state index contributed by atoms with van der Waals surface area (Å²) >= 11 is 0. The molecular weight excluding hydrogens is 358 g/mol. The van der Waals surface area contributed by atoms with Crippen LogP contribution in [0.15, 0.2) is 48.5 Å². The molecule has 1 aliphatic heterocycles. The lowest BCUT2D eigenvalue weighted by atomic mass is 9.88. The number of nitrogens with zero attached hydrogens (tertiary/aromatic N) is 1. The summed E-state index contributed by atoms with van der Waals surface area (Å²) in [5.74, 6) is -0.328. The third-order valence-electron chi connectivity index (χ3n) is 5.12. The Balaban J connectivity index is 1.55. The Bertz CT molecular complexity index is 867. The number of likely N-dealkylation sites (tertiary alicyclic amines) is 1. The molecule has 3 rings (SSSR count). The fourth-order valence-corrected chi connectivity index (χ4v) is 3.48. The lowest BCUT2D eigenvalue weighted by Crippen LogP contribution is -2.41. The third-order valence-corrected chi connectivity index (χ3v) is 5.12. The van der Waals surface area contributed by atoms with Crippen LogP contribution in [-0.2, 0) is 11.2 Å². The van der Waals surface area contributed by atoms with Crippen molar-refractivity contribution < 1.29 is 24.2 Å². The van der Waals surface area contributed by atoms with Gasteiger partial charge >= 0.3 is 5.97 Å². The maximum absolute atomic E-state index is 12.7. The molecule has 1 amide bonds. The van der Waals surface area contributed by atoms with Crippen LogP contribution in [-0.4, -0.2) is 47.9 Å². The number of piperidine rings is 1. The predicted octanol–water partition coefficient (Wildman–Crippen LogP) is 3.06. The molecule has 6 nitrogen and oxygen atoms in total. The third kappa shape index (κ3) is 4.57. The van der Waals surface area contributed by atoms with Crippen LogP contribution >= 0.6 is 0 Å². The number of rotatable bonds is 6. The number of carboxylic acid groups (broad SMARTS) is 1. The van der Waals surface area contributed by atoms with Crippen LogP contribution in [0.4, 0.5) is 0 Å². The molecule has 1 aliphatic rings. The molecule has 0 unspecified atom stereocenters. The first-order valence-corrected chi connectivity index (χ1v) is 9.26. The van der Waals surface area contributed by atoms with Gasteiger partial charge in [-0.3, -0.25) is 9.59 Å². The number of hydrogen-bond donors (Lipinski definition) is 1. The Morgan fingerprint density at radius 3 is 2.32 bits per heavy atom. The van der Waals surface area contributed by atoms with Crippen molar-refractivity contribution in [1.82, 2.24) is 4.90 Å². The average Bonchev–Trinajstić information content (AvgIpc) is 2.73. The second kappa shape index (κ2) is 8.69. The normalized spacial score (nSPS) is 14.5. The maximum Gasteiger partial charge on any atom is 0.335 e. The second-order valence-electron chi connectivity index (χ2n) is 6.93. The van der Waals surface area contributed by atoms with Crippen LogP contribution in [0.1, 0.15) is 39.1 Å². The smallest absolute Gasteiger partial charge is 0.335 e. The van der Waals surface area contributed by atoms with E-state index in [9.17, 15) is 14.4 Å². The Morgan fingerprint density at radius 2 is 1.71 bits per heavy atom. The van der Waals surface area contributed by atoms with E-state index < -0.39 is 5.97 Å². The van der Waals surface area contributed by atoms with Crippen LogP contribution in [0.25, 0.3) is 0 Å². The molecule has 1 heterocycles. The molecule has 1 N–H and O–H groups in total. The number of Topliss-reactive ketones (excluding diaryl/α,β-unsaturated/α-hetero) is 1. The fraction of sp³-hybridized carbons (Fsp3) is 0.318. The van der Waals surface area contributed by atoms with Gasteiger partial charge in [-0.2, -0.15) is 0 Å². The minimum atomic E-state index is -1.01. The number of aromatic carboxylic acids is 1. The highest BCUT2D eigenvalue weighted by Gasteiger charge is 2.28. The first-order valence-electron chi connectivity index (χ1n) is 9.26. The van der Waals surface area contributed by atoms with Crippen molar-refractivity contribution in [2.45, 2.75) is 19.3 Å². The number of ether oxygens (including phenoxy) is 1. The summed E-state index contributed by atoms with van der Waals surface area (Å²) in [7, 11) is 1.58. The summed E-state index contributed by atoms with van der Waals surface area (Å²) in [5, 5.41) is 9.06. The summed E-state index contributed by atoms with van der Waals surface area (Å²) in [4.78, 5) is 38.0. The predicted molar refractivity (Wildman–Crippen MR) is 104 cm³/mol. The number of hydrogen-bond acceptors (Lipinski definition) is 4. The highest BCUT2D eigenvalue weighted by Crippen LogP contribution is 2.23. The Labute approximate surface area is 163 Å². The first-order chi connectivity index (χ1) is 13.5. The van der Waals surface area contributed by atoms with Crippen LogP contribution in [0.3, 0.4) is 0 Å². The Morgan fingerprint density at radius 1 is 1.04 bits per heavy atom. The van der Waals surface area contributed by atoms with Gasteiger partial charge in [-0.1, -0.05) is 12.1 Å². The van der Waals surface area contributed by atoms with E-state index in [0.29, 0.717) is 42.8 Å². The van der Waals surface area contributed by atoms with Gasteiger partial charge in [0.1, 0.15) is 5.75 Å². The van der Waals surface area contributed by atoms with Crippen molar-refractivity contribution in [3.8, 4) is 5.75 Å². The second-order valence-corrected chi connectivity index (χ2v) is 6.93. The molecule has 0 atom stereocenters. The summed E-state index contributed by atoms with van der Waals surface area (Å²) in [6, 6.07) is 13.5. The van der Waals surface area contributed by atoms with Gasteiger partial charge < -0.3 is 14.7 Å². The zero-order valence-corrected chi connectivity index (χ0v) is 15.8. The molecule has 1 saturated heterocycles. The van der Waals surface area contributed by atoms with E-state index in [-0.39, 0.29) is 29.6 Å². The lowest BCUT2D eigenvalue weighted by molar-refractivity contribution is -0.131. The van der Waals surface area contributed by atoms with Crippen LogP contribution < -0.4 is 4.74 Å². The molecule has 0 aromatic heterocycles. The van der Waals surface area contributed by atoms with Gasteiger partial charge in [0.25, 0.3) is 0 Å². The number of carbonyl (C=O) groups excluding carboxylic acids is 2. The van der Waals surface area contributed by atoms with Crippen molar-refractivity contribution in [3.63, 3.8) is 0 Å². The van der Waals surface area contributed by atoms with Crippen molar-refractivity contribution in [2.75, 3.05) is 20.2 Å². The minimum Gasteiger partial charge on any atom is -0.497 e. The van der Waals surface area contributed by atoms with Crippen molar-refractivity contribution in [3.05, 3.63) is 65.2 Å². The van der Waals surface area contributed by atoms with E-state index in [2.05, 4.69) is 0 Å². The maximum atomic E-state index is 12.7. The summed E-state index contributed by atoms with van der Waals surface area (Å²) < 4.78 is 5.12. The Kier molecular flexibility index (Phi) is 6.09. The van der Waals surface area contributed by atoms with E-state index >= 15 is 0 Å². The SMILES string of the molecule is COc1ccc(C(=O)C2CCN(C(=O)Cc3cccc(C(=O)O)c3)CC2)cc1. The first kappa shape index (κ1) is 19.6. The van der Waals surface area contributed by atoms with Gasteiger partial charge in [0, 0.05) is 24.6 Å². The Hall–Kier alpha value is -3.15. The number of benzene rings is 2. The molecule has 0 saturated carbocycles. The molecule has 6 heteroatoms. The topological polar surface area (TPSA) is 83.9 Å². The monoisotopic (exact) mass is 381 g/mol. The molecule has 0 aliphatic carbocycles. The van der Waals surface area contributed by atoms with E-state index in [1.54, 1.807) is 48.4 Å². The average molecular weight is 381 g/mol.